The normalized spacial score (nSPS) is 9.75. The Kier molecular flexibility index (Phi) is 2.91. The molecule has 64 valence electrons. The molecule has 1 rings (SSSR count). The van der Waals surface area contributed by atoms with Crippen molar-refractivity contribution >= 4 is 34.2 Å². The summed E-state index contributed by atoms with van der Waals surface area (Å²) >= 11 is 2.08. The maximum absolute atomic E-state index is 10.4. The van der Waals surface area contributed by atoms with Gasteiger partial charge < -0.3 is 10.8 Å². The first-order chi connectivity index (χ1) is 5.61. The van der Waals surface area contributed by atoms with E-state index in [0.717, 1.165) is 3.57 Å². The molecule has 0 fully saturated rings. The van der Waals surface area contributed by atoms with E-state index in [9.17, 15) is 4.79 Å². The average molecular weight is 277 g/mol. The fourth-order valence-corrected chi connectivity index (χ4v) is 1.62. The van der Waals surface area contributed by atoms with Gasteiger partial charge >= 0.3 is 5.97 Å². The number of rotatable bonds is 2. The summed E-state index contributed by atoms with van der Waals surface area (Å²) in [5.41, 5.74) is 6.85. The summed E-state index contributed by atoms with van der Waals surface area (Å²) in [6.45, 7) is 0. The number of anilines is 1. The molecule has 1 aromatic carbocycles. The van der Waals surface area contributed by atoms with Crippen LogP contribution in [-0.4, -0.2) is 11.1 Å². The second kappa shape index (κ2) is 3.75. The minimum absolute atomic E-state index is 0.00898. The molecule has 0 saturated heterocycles. The van der Waals surface area contributed by atoms with E-state index in [0.29, 0.717) is 11.3 Å². The molecule has 0 aromatic heterocycles. The number of carbonyl (C=O) groups is 1. The zero-order valence-electron chi connectivity index (χ0n) is 6.25. The van der Waals surface area contributed by atoms with Gasteiger partial charge in [0.15, 0.2) is 0 Å². The van der Waals surface area contributed by atoms with E-state index in [1.165, 1.54) is 0 Å². The highest BCUT2D eigenvalue weighted by Gasteiger charge is 2.07. The molecule has 3 nitrogen and oxygen atoms in total. The van der Waals surface area contributed by atoms with Gasteiger partial charge in [0.1, 0.15) is 0 Å². The lowest BCUT2D eigenvalue weighted by molar-refractivity contribution is -0.136. The summed E-state index contributed by atoms with van der Waals surface area (Å²) in [5, 5.41) is 8.56. The highest BCUT2D eigenvalue weighted by atomic mass is 127. The lowest BCUT2D eigenvalue weighted by Crippen LogP contribution is -2.05. The Morgan fingerprint density at radius 3 is 2.75 bits per heavy atom. The molecule has 0 heterocycles. The molecule has 0 aliphatic carbocycles. The van der Waals surface area contributed by atoms with Crippen LogP contribution in [0.25, 0.3) is 0 Å². The van der Waals surface area contributed by atoms with Crippen LogP contribution < -0.4 is 5.73 Å². The molecule has 1 aromatic rings. The number of halogens is 1. The van der Waals surface area contributed by atoms with Crippen molar-refractivity contribution in [3.05, 3.63) is 27.3 Å². The van der Waals surface area contributed by atoms with Crippen LogP contribution in [0.3, 0.4) is 0 Å². The van der Waals surface area contributed by atoms with Crippen molar-refractivity contribution in [2.24, 2.45) is 0 Å². The Morgan fingerprint density at radius 2 is 2.25 bits per heavy atom. The molecule has 0 amide bonds. The summed E-state index contributed by atoms with van der Waals surface area (Å²) in [7, 11) is 0. The number of carboxylic acids is 1. The summed E-state index contributed by atoms with van der Waals surface area (Å²) in [5.74, 6) is -0.856. The predicted molar refractivity (Wildman–Crippen MR) is 54.9 cm³/mol. The molecule has 4 heteroatoms. The van der Waals surface area contributed by atoms with Gasteiger partial charge in [-0.15, -0.1) is 0 Å². The van der Waals surface area contributed by atoms with Crippen LogP contribution in [0.2, 0.25) is 0 Å². The summed E-state index contributed by atoms with van der Waals surface area (Å²) < 4.78 is 0.898. The van der Waals surface area contributed by atoms with Gasteiger partial charge in [0.05, 0.1) is 6.42 Å². The van der Waals surface area contributed by atoms with Gasteiger partial charge in [-0.3, -0.25) is 4.79 Å². The monoisotopic (exact) mass is 277 g/mol. The van der Waals surface area contributed by atoms with Gasteiger partial charge in [-0.05, 0) is 40.3 Å². The van der Waals surface area contributed by atoms with Crippen LogP contribution in [0, 0.1) is 3.57 Å². The predicted octanol–water partition coefficient (Wildman–Crippen LogP) is 1.50. The number of carboxylic acid groups (broad SMARTS) is 1. The maximum Gasteiger partial charge on any atom is 0.307 e. The lowest BCUT2D eigenvalue weighted by Gasteiger charge is -2.04. The lowest BCUT2D eigenvalue weighted by atomic mass is 10.1. The van der Waals surface area contributed by atoms with Crippen molar-refractivity contribution in [1.82, 2.24) is 0 Å². The van der Waals surface area contributed by atoms with Crippen LogP contribution >= 0.6 is 22.6 Å². The zero-order chi connectivity index (χ0) is 9.14. The first kappa shape index (κ1) is 9.31. The van der Waals surface area contributed by atoms with Gasteiger partial charge in [-0.1, -0.05) is 6.07 Å². The Labute approximate surface area is 83.7 Å². The standard InChI is InChI=1S/C8H8INO2/c9-6-2-1-3-7(10)5(6)4-8(11)12/h1-3H,4,10H2,(H,11,12). The molecule has 0 atom stereocenters. The van der Waals surface area contributed by atoms with Crippen LogP contribution in [0.1, 0.15) is 5.56 Å². The SMILES string of the molecule is Nc1cccc(I)c1CC(=O)O. The minimum Gasteiger partial charge on any atom is -0.481 e. The summed E-state index contributed by atoms with van der Waals surface area (Å²) in [6.07, 6.45) is -0.00898. The minimum atomic E-state index is -0.856. The number of hydrogen-bond donors (Lipinski definition) is 2. The third kappa shape index (κ3) is 2.10. The maximum atomic E-state index is 10.4. The van der Waals surface area contributed by atoms with Crippen molar-refractivity contribution < 1.29 is 9.90 Å². The Balaban J connectivity index is 3.04. The van der Waals surface area contributed by atoms with Gasteiger partial charge in [-0.25, -0.2) is 0 Å². The first-order valence-electron chi connectivity index (χ1n) is 3.36. The third-order valence-electron chi connectivity index (χ3n) is 1.48. The number of nitrogens with two attached hydrogens (primary N) is 1. The first-order valence-corrected chi connectivity index (χ1v) is 4.44. The van der Waals surface area contributed by atoms with Crippen LogP contribution in [-0.2, 0) is 11.2 Å². The fraction of sp³-hybridized carbons (Fsp3) is 0.125. The van der Waals surface area contributed by atoms with E-state index in [1.54, 1.807) is 6.07 Å². The molecule has 0 spiro atoms. The smallest absolute Gasteiger partial charge is 0.307 e. The van der Waals surface area contributed by atoms with E-state index < -0.39 is 5.97 Å². The Morgan fingerprint density at radius 1 is 1.58 bits per heavy atom. The highest BCUT2D eigenvalue weighted by molar-refractivity contribution is 14.1. The van der Waals surface area contributed by atoms with Gasteiger partial charge in [0, 0.05) is 9.26 Å². The second-order valence-electron chi connectivity index (χ2n) is 2.38. The molecule has 0 radical (unpaired) electrons. The van der Waals surface area contributed by atoms with E-state index in [1.807, 2.05) is 12.1 Å². The second-order valence-corrected chi connectivity index (χ2v) is 3.54. The summed E-state index contributed by atoms with van der Waals surface area (Å²) in [4.78, 5) is 10.4. The van der Waals surface area contributed by atoms with E-state index in [-0.39, 0.29) is 6.42 Å². The molecule has 12 heavy (non-hydrogen) atoms. The van der Waals surface area contributed by atoms with Gasteiger partial charge in [-0.2, -0.15) is 0 Å². The molecular weight excluding hydrogens is 269 g/mol. The van der Waals surface area contributed by atoms with E-state index in [4.69, 9.17) is 10.8 Å². The van der Waals surface area contributed by atoms with Crippen LogP contribution in [0.5, 0.6) is 0 Å². The molecule has 3 N–H and O–H groups in total. The molecule has 0 unspecified atom stereocenters. The van der Waals surface area contributed by atoms with Crippen LogP contribution in [0.15, 0.2) is 18.2 Å². The number of hydrogen-bond acceptors (Lipinski definition) is 2. The molecule has 0 bridgehead atoms. The van der Waals surface area contributed by atoms with Crippen molar-refractivity contribution in [1.29, 1.82) is 0 Å². The quantitative estimate of drug-likeness (QED) is 0.636. The molecule has 0 aliphatic rings. The van der Waals surface area contributed by atoms with E-state index >= 15 is 0 Å². The largest absolute Gasteiger partial charge is 0.481 e. The molecule has 0 aliphatic heterocycles. The van der Waals surface area contributed by atoms with Gasteiger partial charge in [0.25, 0.3) is 0 Å². The van der Waals surface area contributed by atoms with E-state index in [2.05, 4.69) is 22.6 Å². The number of benzene rings is 1. The van der Waals surface area contributed by atoms with Crippen molar-refractivity contribution in [3.8, 4) is 0 Å². The van der Waals surface area contributed by atoms with Crippen molar-refractivity contribution in [2.45, 2.75) is 6.42 Å². The third-order valence-corrected chi connectivity index (χ3v) is 2.49. The number of nitrogen functional groups attached to an aromatic ring is 1. The Bertz CT molecular complexity index is 292. The average Bonchev–Trinajstić information content (AvgIpc) is 1.97. The molecule has 0 saturated carbocycles. The summed E-state index contributed by atoms with van der Waals surface area (Å²) in [6, 6.07) is 5.36. The topological polar surface area (TPSA) is 63.3 Å². The molecular formula is C8H8INO2. The highest BCUT2D eigenvalue weighted by Crippen LogP contribution is 2.19. The Hall–Kier alpha value is -0.780. The van der Waals surface area contributed by atoms with Crippen molar-refractivity contribution in [3.63, 3.8) is 0 Å². The van der Waals surface area contributed by atoms with Crippen LogP contribution in [0.4, 0.5) is 5.69 Å². The van der Waals surface area contributed by atoms with Crippen molar-refractivity contribution in [2.75, 3.05) is 5.73 Å². The number of aliphatic carboxylic acids is 1. The zero-order valence-corrected chi connectivity index (χ0v) is 8.41. The fourth-order valence-electron chi connectivity index (χ4n) is 0.913. The van der Waals surface area contributed by atoms with Gasteiger partial charge in [0.2, 0.25) is 0 Å².